The van der Waals surface area contributed by atoms with Gasteiger partial charge in [0.15, 0.2) is 0 Å². The Morgan fingerprint density at radius 2 is 1.64 bits per heavy atom. The fourth-order valence-corrected chi connectivity index (χ4v) is 2.61. The molecule has 0 aromatic heterocycles. The molecule has 0 spiro atoms. The standard InChI is InChI=1S/C18H19Cl2N3O2/c1-2-4-17(24)22-13-5-3-6-14(10-13)23-18(25)11-21-16-8-7-12(19)9-15(16)20/h3,5-10,21H,2,4,11H2,1H3,(H,22,24)(H,23,25). The summed E-state index contributed by atoms with van der Waals surface area (Å²) in [6.45, 7) is 1.99. The van der Waals surface area contributed by atoms with Crippen LogP contribution in [-0.2, 0) is 9.59 Å². The van der Waals surface area contributed by atoms with Crippen LogP contribution in [0.1, 0.15) is 19.8 Å². The zero-order chi connectivity index (χ0) is 18.2. The number of halogens is 2. The fourth-order valence-electron chi connectivity index (χ4n) is 2.14. The number of rotatable bonds is 7. The van der Waals surface area contributed by atoms with Crippen molar-refractivity contribution in [3.8, 4) is 0 Å². The maximum atomic E-state index is 12.1. The van der Waals surface area contributed by atoms with E-state index < -0.39 is 0 Å². The molecule has 2 aromatic rings. The Hall–Kier alpha value is -2.24. The van der Waals surface area contributed by atoms with Crippen LogP contribution in [0.3, 0.4) is 0 Å². The molecule has 0 heterocycles. The van der Waals surface area contributed by atoms with Gasteiger partial charge in [-0.1, -0.05) is 36.2 Å². The first-order chi connectivity index (χ1) is 12.0. The molecule has 2 aromatic carbocycles. The monoisotopic (exact) mass is 379 g/mol. The summed E-state index contributed by atoms with van der Waals surface area (Å²) in [5, 5.41) is 9.48. The molecule has 3 N–H and O–H groups in total. The molecule has 7 heteroatoms. The predicted molar refractivity (Wildman–Crippen MR) is 104 cm³/mol. The minimum atomic E-state index is -0.233. The molecule has 0 aliphatic carbocycles. The Labute approximate surface area is 156 Å². The maximum absolute atomic E-state index is 12.1. The lowest BCUT2D eigenvalue weighted by atomic mass is 10.2. The van der Waals surface area contributed by atoms with E-state index in [9.17, 15) is 9.59 Å². The van der Waals surface area contributed by atoms with E-state index in [1.165, 1.54) is 0 Å². The molecular formula is C18H19Cl2N3O2. The molecule has 2 rings (SSSR count). The van der Waals surface area contributed by atoms with Crippen molar-refractivity contribution in [2.75, 3.05) is 22.5 Å². The molecule has 0 unspecified atom stereocenters. The first-order valence-corrected chi connectivity index (χ1v) is 8.62. The Morgan fingerprint density at radius 3 is 2.28 bits per heavy atom. The summed E-state index contributed by atoms with van der Waals surface area (Å²) in [5.41, 5.74) is 1.87. The lowest BCUT2D eigenvalue weighted by Gasteiger charge is -2.11. The Balaban J connectivity index is 1.90. The summed E-state index contributed by atoms with van der Waals surface area (Å²) in [6.07, 6.45) is 1.24. The van der Waals surface area contributed by atoms with Crippen molar-refractivity contribution < 1.29 is 9.59 Å². The van der Waals surface area contributed by atoms with Crippen molar-refractivity contribution in [3.05, 3.63) is 52.5 Å². The van der Waals surface area contributed by atoms with Gasteiger partial charge in [0.1, 0.15) is 0 Å². The van der Waals surface area contributed by atoms with Gasteiger partial charge in [-0.2, -0.15) is 0 Å². The van der Waals surface area contributed by atoms with E-state index in [-0.39, 0.29) is 18.4 Å². The van der Waals surface area contributed by atoms with Gasteiger partial charge in [-0.05, 0) is 42.8 Å². The van der Waals surface area contributed by atoms with Crippen LogP contribution in [0, 0.1) is 0 Å². The molecular weight excluding hydrogens is 361 g/mol. The van der Waals surface area contributed by atoms with Crippen LogP contribution < -0.4 is 16.0 Å². The highest BCUT2D eigenvalue weighted by Crippen LogP contribution is 2.25. The zero-order valence-electron chi connectivity index (χ0n) is 13.7. The molecule has 5 nitrogen and oxygen atoms in total. The van der Waals surface area contributed by atoms with Crippen molar-refractivity contribution in [2.24, 2.45) is 0 Å². The number of amides is 2. The number of carbonyl (C=O) groups excluding carboxylic acids is 2. The van der Waals surface area contributed by atoms with Gasteiger partial charge in [-0.15, -0.1) is 0 Å². The van der Waals surface area contributed by atoms with Gasteiger partial charge in [0.2, 0.25) is 11.8 Å². The Kier molecular flexibility index (Phi) is 7.10. The molecule has 25 heavy (non-hydrogen) atoms. The predicted octanol–water partition coefficient (Wildman–Crippen LogP) is 4.78. The van der Waals surface area contributed by atoms with Crippen LogP contribution in [0.2, 0.25) is 10.0 Å². The number of carbonyl (C=O) groups is 2. The van der Waals surface area contributed by atoms with Gasteiger partial charge in [0.05, 0.1) is 17.3 Å². The van der Waals surface area contributed by atoms with Gasteiger partial charge in [0, 0.05) is 22.8 Å². The van der Waals surface area contributed by atoms with Crippen LogP contribution in [0.4, 0.5) is 17.1 Å². The van der Waals surface area contributed by atoms with E-state index in [1.54, 1.807) is 42.5 Å². The molecule has 0 aliphatic rings. The van der Waals surface area contributed by atoms with E-state index in [1.807, 2.05) is 6.92 Å². The van der Waals surface area contributed by atoms with E-state index in [0.717, 1.165) is 6.42 Å². The van der Waals surface area contributed by atoms with Crippen molar-refractivity contribution >= 4 is 52.1 Å². The topological polar surface area (TPSA) is 70.2 Å². The second kappa shape index (κ2) is 9.30. The summed E-state index contributed by atoms with van der Waals surface area (Å²) < 4.78 is 0. The molecule has 0 aliphatic heterocycles. The molecule has 0 fully saturated rings. The molecule has 0 saturated heterocycles. The normalized spacial score (nSPS) is 10.2. The van der Waals surface area contributed by atoms with E-state index in [2.05, 4.69) is 16.0 Å². The largest absolute Gasteiger partial charge is 0.375 e. The number of hydrogen-bond acceptors (Lipinski definition) is 3. The molecule has 0 bridgehead atoms. The molecule has 0 radical (unpaired) electrons. The van der Waals surface area contributed by atoms with Crippen LogP contribution in [-0.4, -0.2) is 18.4 Å². The van der Waals surface area contributed by atoms with E-state index in [4.69, 9.17) is 23.2 Å². The summed E-state index contributed by atoms with van der Waals surface area (Å²) >= 11 is 11.9. The second-order valence-electron chi connectivity index (χ2n) is 5.40. The minimum Gasteiger partial charge on any atom is -0.375 e. The Bertz CT molecular complexity index is 766. The van der Waals surface area contributed by atoms with Crippen LogP contribution in [0.5, 0.6) is 0 Å². The quantitative estimate of drug-likeness (QED) is 0.647. The smallest absolute Gasteiger partial charge is 0.243 e. The SMILES string of the molecule is CCCC(=O)Nc1cccc(NC(=O)CNc2ccc(Cl)cc2Cl)c1. The molecule has 132 valence electrons. The minimum absolute atomic E-state index is 0.0494. The highest BCUT2D eigenvalue weighted by Gasteiger charge is 2.07. The van der Waals surface area contributed by atoms with Gasteiger partial charge >= 0.3 is 0 Å². The third kappa shape index (κ3) is 6.29. The first-order valence-electron chi connectivity index (χ1n) is 7.86. The van der Waals surface area contributed by atoms with E-state index in [0.29, 0.717) is 33.5 Å². The van der Waals surface area contributed by atoms with Gasteiger partial charge in [-0.25, -0.2) is 0 Å². The number of benzene rings is 2. The van der Waals surface area contributed by atoms with Gasteiger partial charge in [-0.3, -0.25) is 9.59 Å². The van der Waals surface area contributed by atoms with Crippen LogP contribution >= 0.6 is 23.2 Å². The second-order valence-corrected chi connectivity index (χ2v) is 6.25. The summed E-state index contributed by atoms with van der Waals surface area (Å²) in [7, 11) is 0. The van der Waals surface area contributed by atoms with Crippen molar-refractivity contribution in [2.45, 2.75) is 19.8 Å². The molecule has 0 saturated carbocycles. The zero-order valence-corrected chi connectivity index (χ0v) is 15.2. The summed E-state index contributed by atoms with van der Waals surface area (Å²) in [5.74, 6) is -0.284. The van der Waals surface area contributed by atoms with Gasteiger partial charge < -0.3 is 16.0 Å². The van der Waals surface area contributed by atoms with Crippen LogP contribution in [0.25, 0.3) is 0 Å². The first kappa shape index (κ1) is 19.1. The van der Waals surface area contributed by atoms with Gasteiger partial charge in [0.25, 0.3) is 0 Å². The Morgan fingerprint density at radius 1 is 0.960 bits per heavy atom. The van der Waals surface area contributed by atoms with Crippen LogP contribution in [0.15, 0.2) is 42.5 Å². The molecule has 2 amide bonds. The lowest BCUT2D eigenvalue weighted by Crippen LogP contribution is -2.22. The average molecular weight is 380 g/mol. The lowest BCUT2D eigenvalue weighted by molar-refractivity contribution is -0.116. The fraction of sp³-hybridized carbons (Fsp3) is 0.222. The van der Waals surface area contributed by atoms with Crippen molar-refractivity contribution in [3.63, 3.8) is 0 Å². The maximum Gasteiger partial charge on any atom is 0.243 e. The third-order valence-corrected chi connectivity index (χ3v) is 3.83. The highest BCUT2D eigenvalue weighted by molar-refractivity contribution is 6.36. The third-order valence-electron chi connectivity index (χ3n) is 3.28. The van der Waals surface area contributed by atoms with Crippen molar-refractivity contribution in [1.82, 2.24) is 0 Å². The highest BCUT2D eigenvalue weighted by atomic mass is 35.5. The van der Waals surface area contributed by atoms with Crippen molar-refractivity contribution in [1.29, 1.82) is 0 Å². The number of hydrogen-bond donors (Lipinski definition) is 3. The number of anilines is 3. The summed E-state index contributed by atoms with van der Waals surface area (Å²) in [4.78, 5) is 23.7. The van der Waals surface area contributed by atoms with E-state index >= 15 is 0 Å². The number of nitrogens with one attached hydrogen (secondary N) is 3. The summed E-state index contributed by atoms with van der Waals surface area (Å²) in [6, 6.07) is 12.0. The average Bonchev–Trinajstić information content (AvgIpc) is 2.54. The molecule has 0 atom stereocenters.